The first-order valence-electron chi connectivity index (χ1n) is 6.67. The molecular formula is C15H20BrN3O. The minimum Gasteiger partial charge on any atom is -0.395 e. The van der Waals surface area contributed by atoms with Crippen molar-refractivity contribution in [3.8, 4) is 0 Å². The molecule has 1 heterocycles. The second-order valence-corrected chi connectivity index (χ2v) is 5.68. The maximum absolute atomic E-state index is 9.26. The van der Waals surface area contributed by atoms with E-state index in [1.54, 1.807) is 0 Å². The van der Waals surface area contributed by atoms with Crippen LogP contribution in [0.3, 0.4) is 0 Å². The van der Waals surface area contributed by atoms with Crippen LogP contribution in [-0.4, -0.2) is 32.9 Å². The van der Waals surface area contributed by atoms with Gasteiger partial charge in [-0.3, -0.25) is 9.58 Å². The van der Waals surface area contributed by atoms with Crippen LogP contribution in [0.15, 0.2) is 34.8 Å². The van der Waals surface area contributed by atoms with E-state index in [-0.39, 0.29) is 6.61 Å². The summed E-state index contributed by atoms with van der Waals surface area (Å²) in [6.07, 6.45) is 0. The number of aliphatic hydroxyl groups excluding tert-OH is 1. The maximum Gasteiger partial charge on any atom is 0.0739 e. The summed E-state index contributed by atoms with van der Waals surface area (Å²) in [5, 5.41) is 13.7. The second-order valence-electron chi connectivity index (χ2n) is 4.89. The van der Waals surface area contributed by atoms with Gasteiger partial charge in [-0.2, -0.15) is 5.10 Å². The number of rotatable bonds is 6. The van der Waals surface area contributed by atoms with Crippen LogP contribution in [0.2, 0.25) is 0 Å². The van der Waals surface area contributed by atoms with Crippen molar-refractivity contribution >= 4 is 15.9 Å². The molecule has 0 unspecified atom stereocenters. The molecule has 0 atom stereocenters. The van der Waals surface area contributed by atoms with Crippen molar-refractivity contribution in [1.29, 1.82) is 0 Å². The predicted octanol–water partition coefficient (Wildman–Crippen LogP) is 2.49. The van der Waals surface area contributed by atoms with Gasteiger partial charge in [0, 0.05) is 26.7 Å². The molecule has 0 amide bonds. The molecule has 0 aliphatic carbocycles. The van der Waals surface area contributed by atoms with Crippen molar-refractivity contribution in [1.82, 2.24) is 14.7 Å². The van der Waals surface area contributed by atoms with E-state index < -0.39 is 0 Å². The summed E-state index contributed by atoms with van der Waals surface area (Å²) in [6, 6.07) is 10.3. The average Bonchev–Trinajstić information content (AvgIpc) is 2.67. The minimum absolute atomic E-state index is 0.154. The average molecular weight is 338 g/mol. The Morgan fingerprint density at radius 1 is 1.25 bits per heavy atom. The van der Waals surface area contributed by atoms with E-state index in [0.29, 0.717) is 6.54 Å². The summed E-state index contributed by atoms with van der Waals surface area (Å²) in [6.45, 7) is 4.36. The van der Waals surface area contributed by atoms with Crippen LogP contribution >= 0.6 is 15.9 Å². The summed E-state index contributed by atoms with van der Waals surface area (Å²) >= 11 is 3.59. The number of aryl methyl sites for hydroxylation is 2. The normalized spacial score (nSPS) is 11.2. The van der Waals surface area contributed by atoms with Gasteiger partial charge in [0.25, 0.3) is 0 Å². The third-order valence-corrected chi connectivity index (χ3v) is 4.33. The summed E-state index contributed by atoms with van der Waals surface area (Å²) in [5.74, 6) is 0. The van der Waals surface area contributed by atoms with Gasteiger partial charge in [0.05, 0.1) is 22.5 Å². The van der Waals surface area contributed by atoms with Crippen LogP contribution in [0.1, 0.15) is 17.0 Å². The van der Waals surface area contributed by atoms with Gasteiger partial charge in [0.15, 0.2) is 0 Å². The minimum atomic E-state index is 0.154. The first-order valence-corrected chi connectivity index (χ1v) is 7.46. The third-order valence-electron chi connectivity index (χ3n) is 3.30. The molecule has 108 valence electrons. The first kappa shape index (κ1) is 15.2. The Labute approximate surface area is 128 Å². The Balaban J connectivity index is 2.13. The Morgan fingerprint density at radius 3 is 2.50 bits per heavy atom. The third kappa shape index (κ3) is 3.69. The molecule has 20 heavy (non-hydrogen) atoms. The Kier molecular flexibility index (Phi) is 5.34. The van der Waals surface area contributed by atoms with Gasteiger partial charge in [0.2, 0.25) is 0 Å². The molecule has 0 saturated heterocycles. The van der Waals surface area contributed by atoms with E-state index in [0.717, 1.165) is 29.0 Å². The lowest BCUT2D eigenvalue weighted by atomic mass is 10.2. The largest absolute Gasteiger partial charge is 0.395 e. The molecule has 0 bridgehead atoms. The fraction of sp³-hybridized carbons (Fsp3) is 0.400. The van der Waals surface area contributed by atoms with Crippen molar-refractivity contribution in [2.24, 2.45) is 7.05 Å². The molecule has 0 saturated carbocycles. The van der Waals surface area contributed by atoms with E-state index in [2.05, 4.69) is 38.1 Å². The molecule has 0 radical (unpaired) electrons. The standard InChI is InChI=1S/C15H20BrN3O/c1-12-15(16)14(18(2)17-12)11-19(8-9-20)10-13-6-4-3-5-7-13/h3-7,20H,8-11H2,1-2H3. The summed E-state index contributed by atoms with van der Waals surface area (Å²) in [5.41, 5.74) is 3.37. The molecule has 1 N–H and O–H groups in total. The van der Waals surface area contributed by atoms with Crippen molar-refractivity contribution in [2.75, 3.05) is 13.2 Å². The van der Waals surface area contributed by atoms with Gasteiger partial charge in [-0.05, 0) is 28.4 Å². The van der Waals surface area contributed by atoms with E-state index >= 15 is 0 Å². The number of aliphatic hydroxyl groups is 1. The van der Waals surface area contributed by atoms with Gasteiger partial charge >= 0.3 is 0 Å². The maximum atomic E-state index is 9.26. The van der Waals surface area contributed by atoms with Gasteiger partial charge in [-0.1, -0.05) is 30.3 Å². The van der Waals surface area contributed by atoms with E-state index in [1.807, 2.05) is 36.9 Å². The highest BCUT2D eigenvalue weighted by Crippen LogP contribution is 2.22. The highest BCUT2D eigenvalue weighted by Gasteiger charge is 2.14. The molecule has 1 aromatic heterocycles. The molecule has 2 aromatic rings. The fourth-order valence-electron chi connectivity index (χ4n) is 2.26. The van der Waals surface area contributed by atoms with Gasteiger partial charge in [-0.15, -0.1) is 0 Å². The van der Waals surface area contributed by atoms with Crippen molar-refractivity contribution in [2.45, 2.75) is 20.0 Å². The van der Waals surface area contributed by atoms with Gasteiger partial charge in [-0.25, -0.2) is 0 Å². The summed E-state index contributed by atoms with van der Waals surface area (Å²) in [7, 11) is 1.95. The topological polar surface area (TPSA) is 41.3 Å². The van der Waals surface area contributed by atoms with Crippen LogP contribution in [0.25, 0.3) is 0 Å². The number of hydrogen-bond acceptors (Lipinski definition) is 3. The molecular weight excluding hydrogens is 318 g/mol. The Hall–Kier alpha value is -1.17. The molecule has 1 aromatic carbocycles. The summed E-state index contributed by atoms with van der Waals surface area (Å²) in [4.78, 5) is 2.22. The highest BCUT2D eigenvalue weighted by atomic mass is 79.9. The van der Waals surface area contributed by atoms with Crippen LogP contribution in [0.5, 0.6) is 0 Å². The van der Waals surface area contributed by atoms with E-state index in [9.17, 15) is 5.11 Å². The lowest BCUT2D eigenvalue weighted by Crippen LogP contribution is -2.27. The number of nitrogens with zero attached hydrogens (tertiary/aromatic N) is 3. The van der Waals surface area contributed by atoms with Crippen molar-refractivity contribution < 1.29 is 5.11 Å². The molecule has 5 heteroatoms. The zero-order valence-electron chi connectivity index (χ0n) is 11.9. The van der Waals surface area contributed by atoms with Crippen LogP contribution in [-0.2, 0) is 20.1 Å². The molecule has 0 spiro atoms. The highest BCUT2D eigenvalue weighted by molar-refractivity contribution is 9.10. The Bertz CT molecular complexity index is 554. The molecule has 0 aliphatic heterocycles. The van der Waals surface area contributed by atoms with Crippen LogP contribution in [0.4, 0.5) is 0 Å². The van der Waals surface area contributed by atoms with Crippen LogP contribution < -0.4 is 0 Å². The van der Waals surface area contributed by atoms with Crippen molar-refractivity contribution in [3.05, 3.63) is 51.8 Å². The second kappa shape index (κ2) is 7.02. The monoisotopic (exact) mass is 337 g/mol. The zero-order valence-corrected chi connectivity index (χ0v) is 13.5. The lowest BCUT2D eigenvalue weighted by Gasteiger charge is -2.21. The van der Waals surface area contributed by atoms with Gasteiger partial charge < -0.3 is 5.11 Å². The predicted molar refractivity (Wildman–Crippen MR) is 83.3 cm³/mol. The lowest BCUT2D eigenvalue weighted by molar-refractivity contribution is 0.181. The SMILES string of the molecule is Cc1nn(C)c(CN(CCO)Cc2ccccc2)c1Br. The van der Waals surface area contributed by atoms with Crippen LogP contribution in [0, 0.1) is 6.92 Å². The smallest absolute Gasteiger partial charge is 0.0739 e. The van der Waals surface area contributed by atoms with Gasteiger partial charge in [0.1, 0.15) is 0 Å². The summed E-state index contributed by atoms with van der Waals surface area (Å²) < 4.78 is 2.95. The Morgan fingerprint density at radius 2 is 1.95 bits per heavy atom. The fourth-order valence-corrected chi connectivity index (χ4v) is 2.72. The number of benzene rings is 1. The first-order chi connectivity index (χ1) is 9.61. The van der Waals surface area contributed by atoms with E-state index in [4.69, 9.17) is 0 Å². The quantitative estimate of drug-likeness (QED) is 0.880. The molecule has 0 aliphatic rings. The number of halogens is 1. The number of hydrogen-bond donors (Lipinski definition) is 1. The molecule has 4 nitrogen and oxygen atoms in total. The molecule has 2 rings (SSSR count). The molecule has 0 fully saturated rings. The van der Waals surface area contributed by atoms with E-state index in [1.165, 1.54) is 5.56 Å². The number of aromatic nitrogens is 2. The zero-order chi connectivity index (χ0) is 14.5. The van der Waals surface area contributed by atoms with Crippen molar-refractivity contribution in [3.63, 3.8) is 0 Å².